The molecule has 0 spiro atoms. The van der Waals surface area contributed by atoms with Gasteiger partial charge in [0.2, 0.25) is 27.7 Å². The van der Waals surface area contributed by atoms with Crippen LogP contribution in [0.15, 0.2) is 47.2 Å². The SMILES string of the molecule is Cc1cc(CS(=O)(=O)Nc2c(F)cc(Oc3ncccc3-c3ccnc(N[C@H]4CCCNC4)n3)c(F)c2F)no1. The number of sulfonamides is 1. The average Bonchev–Trinajstić information content (AvgIpc) is 3.34. The van der Waals surface area contributed by atoms with Crippen molar-refractivity contribution in [2.75, 3.05) is 23.1 Å². The van der Waals surface area contributed by atoms with Crippen molar-refractivity contribution >= 4 is 21.7 Å². The maximum Gasteiger partial charge on any atom is 0.238 e. The molecule has 40 heavy (non-hydrogen) atoms. The molecule has 0 bridgehead atoms. The number of pyridine rings is 1. The van der Waals surface area contributed by atoms with E-state index in [0.717, 1.165) is 25.9 Å². The Morgan fingerprint density at radius 2 is 2.00 bits per heavy atom. The summed E-state index contributed by atoms with van der Waals surface area (Å²) in [6.07, 6.45) is 4.84. The molecule has 0 aliphatic carbocycles. The van der Waals surface area contributed by atoms with Crippen molar-refractivity contribution in [2.24, 2.45) is 0 Å². The largest absolute Gasteiger partial charge is 0.435 e. The van der Waals surface area contributed by atoms with Gasteiger partial charge in [0.15, 0.2) is 17.4 Å². The summed E-state index contributed by atoms with van der Waals surface area (Å²) in [7, 11) is -4.36. The molecule has 1 atom stereocenters. The lowest BCUT2D eigenvalue weighted by Crippen LogP contribution is -2.38. The number of piperidine rings is 1. The van der Waals surface area contributed by atoms with Crippen molar-refractivity contribution in [2.45, 2.75) is 31.6 Å². The fourth-order valence-corrected chi connectivity index (χ4v) is 5.22. The number of ether oxygens (including phenoxy) is 1. The Morgan fingerprint density at radius 3 is 2.75 bits per heavy atom. The first-order chi connectivity index (χ1) is 19.2. The molecule has 0 unspecified atom stereocenters. The monoisotopic (exact) mass is 575 g/mol. The van der Waals surface area contributed by atoms with Gasteiger partial charge in [-0.15, -0.1) is 0 Å². The Kier molecular flexibility index (Phi) is 7.84. The predicted octanol–water partition coefficient (Wildman–Crippen LogP) is 4.15. The molecule has 1 aromatic carbocycles. The number of aromatic nitrogens is 4. The Bertz CT molecular complexity index is 1630. The van der Waals surface area contributed by atoms with Crippen LogP contribution in [0, 0.1) is 24.4 Å². The van der Waals surface area contributed by atoms with Crippen LogP contribution in [0.25, 0.3) is 11.3 Å². The predicted molar refractivity (Wildman–Crippen MR) is 139 cm³/mol. The lowest BCUT2D eigenvalue weighted by molar-refractivity contribution is 0.392. The third kappa shape index (κ3) is 6.31. The second kappa shape index (κ2) is 11.5. The summed E-state index contributed by atoms with van der Waals surface area (Å²) in [5.74, 6) is -5.87. The maximum atomic E-state index is 15.0. The van der Waals surface area contributed by atoms with Crippen LogP contribution in [0.1, 0.15) is 24.3 Å². The van der Waals surface area contributed by atoms with E-state index in [2.05, 4.69) is 30.7 Å². The van der Waals surface area contributed by atoms with E-state index >= 15 is 0 Å². The third-order valence-corrected chi connectivity index (χ3v) is 7.13. The number of benzene rings is 1. The van der Waals surface area contributed by atoms with Gasteiger partial charge in [0, 0.05) is 37.1 Å². The summed E-state index contributed by atoms with van der Waals surface area (Å²) in [5, 5.41) is 10.1. The maximum absolute atomic E-state index is 15.0. The number of nitrogens with zero attached hydrogens (tertiary/aromatic N) is 4. The molecule has 210 valence electrons. The molecule has 5 rings (SSSR count). The smallest absolute Gasteiger partial charge is 0.238 e. The molecule has 1 saturated heterocycles. The van der Waals surface area contributed by atoms with Crippen LogP contribution in [0.3, 0.4) is 0 Å². The second-order valence-electron chi connectivity index (χ2n) is 9.06. The average molecular weight is 576 g/mol. The lowest BCUT2D eigenvalue weighted by Gasteiger charge is -2.23. The molecule has 0 radical (unpaired) electrons. The fourth-order valence-electron chi connectivity index (χ4n) is 4.12. The van der Waals surface area contributed by atoms with Gasteiger partial charge in [0.05, 0.1) is 11.3 Å². The minimum absolute atomic E-state index is 0.00686. The van der Waals surface area contributed by atoms with Gasteiger partial charge >= 0.3 is 0 Å². The Hall–Kier alpha value is -4.24. The van der Waals surface area contributed by atoms with Gasteiger partial charge in [-0.25, -0.2) is 32.2 Å². The van der Waals surface area contributed by atoms with Crippen molar-refractivity contribution in [1.29, 1.82) is 0 Å². The van der Waals surface area contributed by atoms with Gasteiger partial charge in [-0.05, 0) is 44.5 Å². The highest BCUT2D eigenvalue weighted by Crippen LogP contribution is 2.36. The van der Waals surface area contributed by atoms with Gasteiger partial charge in [-0.2, -0.15) is 4.39 Å². The molecule has 4 heterocycles. The highest BCUT2D eigenvalue weighted by molar-refractivity contribution is 7.91. The normalized spacial score (nSPS) is 15.6. The number of nitrogens with one attached hydrogen (secondary N) is 3. The molecule has 3 N–H and O–H groups in total. The van der Waals surface area contributed by atoms with Gasteiger partial charge in [0.1, 0.15) is 22.9 Å². The Balaban J connectivity index is 1.38. The Morgan fingerprint density at radius 1 is 1.15 bits per heavy atom. The van der Waals surface area contributed by atoms with Gasteiger partial charge in [-0.1, -0.05) is 5.16 Å². The molecule has 1 aliphatic heterocycles. The van der Waals surface area contributed by atoms with E-state index in [1.165, 1.54) is 18.5 Å². The van der Waals surface area contributed by atoms with Crippen LogP contribution in [-0.2, 0) is 15.8 Å². The van der Waals surface area contributed by atoms with E-state index in [0.29, 0.717) is 29.0 Å². The van der Waals surface area contributed by atoms with Crippen molar-refractivity contribution in [3.8, 4) is 22.9 Å². The van der Waals surface area contributed by atoms with Gasteiger partial charge < -0.3 is 19.9 Å². The first kappa shape index (κ1) is 27.3. The molecule has 1 fully saturated rings. The topological polar surface area (TPSA) is 144 Å². The molecule has 11 nitrogen and oxygen atoms in total. The first-order valence-electron chi connectivity index (χ1n) is 12.2. The first-order valence-corrected chi connectivity index (χ1v) is 13.9. The zero-order valence-corrected chi connectivity index (χ0v) is 21.9. The molecule has 4 aromatic rings. The van der Waals surface area contributed by atoms with E-state index < -0.39 is 44.7 Å². The summed E-state index contributed by atoms with van der Waals surface area (Å²) in [6.45, 7) is 3.26. The lowest BCUT2D eigenvalue weighted by atomic mass is 10.1. The summed E-state index contributed by atoms with van der Waals surface area (Å²) in [5.41, 5.74) is -0.511. The van der Waals surface area contributed by atoms with Crippen LogP contribution in [0.4, 0.5) is 24.8 Å². The van der Waals surface area contributed by atoms with E-state index in [4.69, 9.17) is 9.26 Å². The van der Waals surface area contributed by atoms with Crippen LogP contribution in [-0.4, -0.2) is 47.7 Å². The zero-order chi connectivity index (χ0) is 28.3. The second-order valence-corrected chi connectivity index (χ2v) is 10.8. The van der Waals surface area contributed by atoms with Crippen LogP contribution >= 0.6 is 0 Å². The van der Waals surface area contributed by atoms with Crippen molar-refractivity contribution < 1.29 is 30.8 Å². The molecule has 15 heteroatoms. The summed E-state index contributed by atoms with van der Waals surface area (Å²) in [4.78, 5) is 12.8. The van der Waals surface area contributed by atoms with Crippen molar-refractivity contribution in [3.05, 3.63) is 71.6 Å². The highest BCUT2D eigenvalue weighted by atomic mass is 32.2. The van der Waals surface area contributed by atoms with Crippen molar-refractivity contribution in [1.82, 2.24) is 25.4 Å². The van der Waals surface area contributed by atoms with E-state index in [9.17, 15) is 21.6 Å². The molecular weight excluding hydrogens is 551 g/mol. The minimum atomic E-state index is -4.36. The molecule has 0 amide bonds. The summed E-state index contributed by atoms with van der Waals surface area (Å²) < 4.78 is 81.6. The number of hydrogen-bond acceptors (Lipinski definition) is 10. The zero-order valence-electron chi connectivity index (χ0n) is 21.1. The van der Waals surface area contributed by atoms with Gasteiger partial charge in [-0.3, -0.25) is 4.72 Å². The summed E-state index contributed by atoms with van der Waals surface area (Å²) >= 11 is 0. The van der Waals surface area contributed by atoms with E-state index in [1.54, 1.807) is 29.8 Å². The quantitative estimate of drug-likeness (QED) is 0.249. The fraction of sp³-hybridized carbons (Fsp3) is 0.280. The standard InChI is InChI=1S/C25H24F3N7O4S/c1-14-10-16(34-39-14)13-40(36,37)35-23-18(26)11-20(21(27)22(23)28)38-24-17(5-3-8-30-24)19-6-9-31-25(33-19)32-15-4-2-7-29-12-15/h3,5-6,8-11,15,29,35H,2,4,7,12-13H2,1H3,(H,31,32,33)/t15-/m0/s1. The number of halogens is 3. The third-order valence-electron chi connectivity index (χ3n) is 5.94. The van der Waals surface area contributed by atoms with E-state index in [-0.39, 0.29) is 17.6 Å². The van der Waals surface area contributed by atoms with Crippen LogP contribution in [0.2, 0.25) is 0 Å². The molecule has 3 aromatic heterocycles. The molecule has 0 saturated carbocycles. The number of aryl methyl sites for hydroxylation is 1. The highest BCUT2D eigenvalue weighted by Gasteiger charge is 2.26. The Labute approximate surface area is 227 Å². The van der Waals surface area contributed by atoms with Gasteiger partial charge in [0.25, 0.3) is 0 Å². The number of rotatable bonds is 9. The number of anilines is 2. The van der Waals surface area contributed by atoms with Crippen LogP contribution < -0.4 is 20.1 Å². The van der Waals surface area contributed by atoms with Crippen molar-refractivity contribution in [3.63, 3.8) is 0 Å². The van der Waals surface area contributed by atoms with Crippen LogP contribution in [0.5, 0.6) is 11.6 Å². The molecular formula is C25H24F3N7O4S. The minimum Gasteiger partial charge on any atom is -0.435 e. The number of hydrogen-bond donors (Lipinski definition) is 3. The molecule has 1 aliphatic rings. The summed E-state index contributed by atoms with van der Waals surface area (Å²) in [6, 6.07) is 6.78. The van der Waals surface area contributed by atoms with E-state index in [1.807, 2.05) is 0 Å².